The molecule has 2 heterocycles. The molecule has 216 valence electrons. The van der Waals surface area contributed by atoms with Crippen molar-refractivity contribution in [2.45, 2.75) is 64.2 Å². The second-order valence-corrected chi connectivity index (χ2v) is 12.1. The number of hydrogen-bond donors (Lipinski definition) is 3. The van der Waals surface area contributed by atoms with Gasteiger partial charge < -0.3 is 21.3 Å². The highest BCUT2D eigenvalue weighted by Gasteiger charge is 2.46. The average Bonchev–Trinajstić information content (AvgIpc) is 2.90. The summed E-state index contributed by atoms with van der Waals surface area (Å²) in [6, 6.07) is 10.1. The third-order valence-corrected chi connectivity index (χ3v) is 8.79. The van der Waals surface area contributed by atoms with Crippen LogP contribution in [0.1, 0.15) is 45.6 Å². The number of anilines is 1. The Morgan fingerprint density at radius 3 is 2.25 bits per heavy atom. The number of nitrogens with zero attached hydrogens (tertiary/aromatic N) is 5. The van der Waals surface area contributed by atoms with E-state index in [0.29, 0.717) is 44.0 Å². The van der Waals surface area contributed by atoms with Crippen molar-refractivity contribution >= 4 is 17.8 Å². The Morgan fingerprint density at radius 2 is 1.68 bits per heavy atom. The van der Waals surface area contributed by atoms with E-state index in [1.165, 1.54) is 23.0 Å². The smallest absolute Gasteiger partial charge is 0.338 e. The third-order valence-electron chi connectivity index (χ3n) is 8.79. The second-order valence-electron chi connectivity index (χ2n) is 12.1. The molecular weight excluding hydrogens is 508 g/mol. The molecule has 1 aromatic heterocycles. The minimum atomic E-state index is -0.946. The number of hydrogen-bond acceptors (Lipinski definition) is 7. The van der Waals surface area contributed by atoms with Crippen molar-refractivity contribution in [1.82, 2.24) is 24.3 Å². The van der Waals surface area contributed by atoms with Crippen molar-refractivity contribution in [1.29, 1.82) is 0 Å². The maximum atomic E-state index is 12.8. The molecule has 11 heteroatoms. The zero-order valence-corrected chi connectivity index (χ0v) is 23.8. The lowest BCUT2D eigenvalue weighted by atomic mass is 9.60. The molecule has 3 saturated carbocycles. The summed E-state index contributed by atoms with van der Waals surface area (Å²) in [6.07, 6.45) is 5.22. The fraction of sp³-hybridized carbons (Fsp3) is 0.586. The third kappa shape index (κ3) is 5.91. The zero-order valence-electron chi connectivity index (χ0n) is 23.8. The van der Waals surface area contributed by atoms with E-state index in [4.69, 9.17) is 11.5 Å². The van der Waals surface area contributed by atoms with Crippen LogP contribution in [-0.4, -0.2) is 86.5 Å². The molecule has 2 bridgehead atoms. The molecule has 40 heavy (non-hydrogen) atoms. The van der Waals surface area contributed by atoms with Crippen LogP contribution in [0.25, 0.3) is 5.69 Å². The fourth-order valence-electron chi connectivity index (χ4n) is 6.32. The number of fused-ring (bicyclic) bond motifs is 2. The van der Waals surface area contributed by atoms with Crippen LogP contribution in [0.2, 0.25) is 0 Å². The van der Waals surface area contributed by atoms with E-state index in [1.54, 1.807) is 35.9 Å². The molecule has 1 aliphatic heterocycles. The highest BCUT2D eigenvalue weighted by molar-refractivity contribution is 5.89. The number of piperazine rings is 1. The van der Waals surface area contributed by atoms with Crippen molar-refractivity contribution in [2.75, 3.05) is 38.0 Å². The molecule has 0 unspecified atom stereocenters. The first kappa shape index (κ1) is 28.3. The maximum absolute atomic E-state index is 12.8. The Hall–Kier alpha value is -3.28. The van der Waals surface area contributed by atoms with Gasteiger partial charge in [0.05, 0.1) is 11.2 Å². The number of amides is 3. The predicted molar refractivity (Wildman–Crippen MR) is 154 cm³/mol. The van der Waals surface area contributed by atoms with Gasteiger partial charge in [-0.2, -0.15) is 4.98 Å². The van der Waals surface area contributed by atoms with E-state index in [0.717, 1.165) is 31.3 Å². The molecule has 0 radical (unpaired) electrons. The summed E-state index contributed by atoms with van der Waals surface area (Å²) in [6.45, 7) is 8.96. The van der Waals surface area contributed by atoms with Crippen LogP contribution >= 0.6 is 0 Å². The Kier molecular flexibility index (Phi) is 7.98. The average molecular weight is 551 g/mol. The van der Waals surface area contributed by atoms with Gasteiger partial charge in [-0.3, -0.25) is 19.6 Å². The molecule has 3 amide bonds. The zero-order chi connectivity index (χ0) is 28.6. The summed E-state index contributed by atoms with van der Waals surface area (Å²) < 4.78 is 1.46. The Balaban J connectivity index is 1.17. The monoisotopic (exact) mass is 550 g/mol. The first-order valence-electron chi connectivity index (χ1n) is 14.4. The topological polar surface area (TPSA) is 143 Å². The van der Waals surface area contributed by atoms with Crippen molar-refractivity contribution in [3.05, 3.63) is 52.6 Å². The molecule has 2 atom stereocenters. The molecular formula is C29H42N8O3. The van der Waals surface area contributed by atoms with Gasteiger partial charge in [-0.05, 0) is 75.3 Å². The van der Waals surface area contributed by atoms with Gasteiger partial charge >= 0.3 is 11.7 Å². The van der Waals surface area contributed by atoms with Crippen LogP contribution in [0, 0.1) is 11.8 Å². The van der Waals surface area contributed by atoms with Crippen LogP contribution in [0.5, 0.6) is 0 Å². The number of nitrogens with one attached hydrogen (secondary N) is 1. The fourth-order valence-corrected chi connectivity index (χ4v) is 6.32. The second kappa shape index (κ2) is 11.3. The number of aromatic nitrogens is 2. The number of carbonyl (C=O) groups is 2. The number of urea groups is 1. The van der Waals surface area contributed by atoms with E-state index in [2.05, 4.69) is 34.3 Å². The Bertz CT molecular complexity index is 1270. The SMILES string of the molecule is CCN(Cc1ccc(-n2ccc(NC(=O)N3CCN(C(=O)C(C)(C)N)CC3)nc2=O)cc1)[C@@H]1C[C@H](N)C2CC1C2. The lowest BCUT2D eigenvalue weighted by Crippen LogP contribution is -2.58. The predicted octanol–water partition coefficient (Wildman–Crippen LogP) is 1.59. The molecule has 4 fully saturated rings. The van der Waals surface area contributed by atoms with Crippen LogP contribution in [0.4, 0.5) is 10.6 Å². The molecule has 1 aromatic carbocycles. The quantitative estimate of drug-likeness (QED) is 0.475. The summed E-state index contributed by atoms with van der Waals surface area (Å²) in [5, 5.41) is 2.70. The largest absolute Gasteiger partial charge is 0.354 e. The van der Waals surface area contributed by atoms with Crippen LogP contribution in [0.3, 0.4) is 0 Å². The molecule has 11 nitrogen and oxygen atoms in total. The van der Waals surface area contributed by atoms with Crippen molar-refractivity contribution in [3.63, 3.8) is 0 Å². The van der Waals surface area contributed by atoms with Gasteiger partial charge in [0.25, 0.3) is 0 Å². The van der Waals surface area contributed by atoms with E-state index in [1.807, 2.05) is 12.1 Å². The van der Waals surface area contributed by atoms with Crippen LogP contribution < -0.4 is 22.5 Å². The summed E-state index contributed by atoms with van der Waals surface area (Å²) in [5.74, 6) is 1.54. The van der Waals surface area contributed by atoms with Crippen molar-refractivity contribution in [2.24, 2.45) is 23.3 Å². The lowest BCUT2D eigenvalue weighted by molar-refractivity contribution is -0.137. The van der Waals surface area contributed by atoms with Crippen molar-refractivity contribution in [3.8, 4) is 5.69 Å². The van der Waals surface area contributed by atoms with Crippen LogP contribution in [-0.2, 0) is 11.3 Å². The summed E-state index contributed by atoms with van der Waals surface area (Å²) in [4.78, 5) is 47.8. The minimum absolute atomic E-state index is 0.140. The summed E-state index contributed by atoms with van der Waals surface area (Å²) in [7, 11) is 0. The molecule has 4 aliphatic rings. The Morgan fingerprint density at radius 1 is 1.02 bits per heavy atom. The lowest BCUT2D eigenvalue weighted by Gasteiger charge is -2.53. The first-order valence-corrected chi connectivity index (χ1v) is 14.4. The molecule has 0 spiro atoms. The van der Waals surface area contributed by atoms with E-state index in [-0.39, 0.29) is 17.8 Å². The number of benzene rings is 1. The van der Waals surface area contributed by atoms with E-state index < -0.39 is 11.2 Å². The standard InChI is InChI=1S/C29H42N8O3/c1-4-34(24-17-23(30)20-15-21(24)16-20)18-19-5-7-22(8-6-19)37-10-9-25(33-28(37)40)32-27(39)36-13-11-35(12-14-36)26(38)29(2,3)31/h5-10,20-21,23-24H,4,11-18,30-31H2,1-3H3,(H,32,33,39,40)/t20?,21?,23-,24+/m0/s1. The van der Waals surface area contributed by atoms with E-state index >= 15 is 0 Å². The Labute approximate surface area is 235 Å². The highest BCUT2D eigenvalue weighted by Crippen LogP contribution is 2.47. The number of nitrogens with two attached hydrogens (primary N) is 2. The van der Waals surface area contributed by atoms with Gasteiger partial charge in [0.15, 0.2) is 0 Å². The molecule has 1 saturated heterocycles. The van der Waals surface area contributed by atoms with Gasteiger partial charge in [0.2, 0.25) is 5.91 Å². The molecule has 2 aromatic rings. The molecule has 5 N–H and O–H groups in total. The van der Waals surface area contributed by atoms with Gasteiger partial charge in [0.1, 0.15) is 5.82 Å². The van der Waals surface area contributed by atoms with Crippen LogP contribution in [0.15, 0.2) is 41.3 Å². The number of carbonyl (C=O) groups excluding carboxylic acids is 2. The van der Waals surface area contributed by atoms with Gasteiger partial charge in [-0.1, -0.05) is 19.1 Å². The summed E-state index contributed by atoms with van der Waals surface area (Å²) in [5.41, 5.74) is 12.8. The molecule has 6 rings (SSSR count). The normalized spacial score (nSPS) is 24.6. The first-order chi connectivity index (χ1) is 19.0. The van der Waals surface area contributed by atoms with Gasteiger partial charge in [-0.15, -0.1) is 0 Å². The highest BCUT2D eigenvalue weighted by atomic mass is 16.2. The van der Waals surface area contributed by atoms with Gasteiger partial charge in [-0.25, -0.2) is 9.59 Å². The molecule has 3 aliphatic carbocycles. The van der Waals surface area contributed by atoms with Crippen molar-refractivity contribution < 1.29 is 9.59 Å². The van der Waals surface area contributed by atoms with E-state index in [9.17, 15) is 14.4 Å². The number of rotatable bonds is 7. The maximum Gasteiger partial charge on any atom is 0.354 e. The summed E-state index contributed by atoms with van der Waals surface area (Å²) >= 11 is 0. The van der Waals surface area contributed by atoms with Gasteiger partial charge in [0, 0.05) is 51.0 Å². The minimum Gasteiger partial charge on any atom is -0.338 e.